The fourth-order valence-corrected chi connectivity index (χ4v) is 3.15. The maximum Gasteiger partial charge on any atom is 0.325 e. The molecule has 0 saturated carbocycles. The van der Waals surface area contributed by atoms with Crippen LogP contribution in [0.5, 0.6) is 0 Å². The number of carboxylic acids is 1. The minimum Gasteiger partial charge on any atom is -0.480 e. The summed E-state index contributed by atoms with van der Waals surface area (Å²) < 4.78 is 0. The molecule has 3 rings (SSSR count). The van der Waals surface area contributed by atoms with Crippen LogP contribution in [0, 0.1) is 0 Å². The van der Waals surface area contributed by atoms with Crippen molar-refractivity contribution >= 4 is 16.7 Å². The Balaban J connectivity index is 2.07. The first-order valence-corrected chi connectivity index (χ1v) is 7.22. The van der Waals surface area contributed by atoms with Crippen molar-refractivity contribution in [1.82, 2.24) is 4.90 Å². The molecular weight excluding hydrogens is 250 g/mol. The van der Waals surface area contributed by atoms with Crippen LogP contribution in [0.4, 0.5) is 0 Å². The van der Waals surface area contributed by atoms with E-state index in [-0.39, 0.29) is 0 Å². The highest BCUT2D eigenvalue weighted by Gasteiger charge is 2.29. The van der Waals surface area contributed by atoms with Gasteiger partial charge in [0.15, 0.2) is 0 Å². The Kier molecular flexibility index (Phi) is 3.70. The molecule has 0 bridgehead atoms. The summed E-state index contributed by atoms with van der Waals surface area (Å²) >= 11 is 0. The molecule has 3 heteroatoms. The van der Waals surface area contributed by atoms with Crippen molar-refractivity contribution in [3.05, 3.63) is 48.0 Å². The molecule has 1 atom stereocenters. The van der Waals surface area contributed by atoms with Gasteiger partial charge in [-0.3, -0.25) is 9.69 Å². The number of rotatable bonds is 3. The van der Waals surface area contributed by atoms with Crippen LogP contribution in [-0.4, -0.2) is 29.1 Å². The molecule has 1 N–H and O–H groups in total. The average molecular weight is 269 g/mol. The lowest BCUT2D eigenvalue weighted by Crippen LogP contribution is -2.38. The molecule has 20 heavy (non-hydrogen) atoms. The van der Waals surface area contributed by atoms with E-state index in [2.05, 4.69) is 4.90 Å². The van der Waals surface area contributed by atoms with E-state index >= 15 is 0 Å². The molecule has 1 saturated heterocycles. The van der Waals surface area contributed by atoms with Gasteiger partial charge in [-0.2, -0.15) is 0 Å². The predicted octanol–water partition coefficient (Wildman–Crippen LogP) is 3.45. The summed E-state index contributed by atoms with van der Waals surface area (Å²) in [5.41, 5.74) is 0.914. The topological polar surface area (TPSA) is 40.5 Å². The third-order valence-corrected chi connectivity index (χ3v) is 4.11. The number of benzene rings is 2. The molecule has 104 valence electrons. The van der Waals surface area contributed by atoms with E-state index in [1.807, 2.05) is 42.5 Å². The van der Waals surface area contributed by atoms with Crippen molar-refractivity contribution in [3.63, 3.8) is 0 Å². The molecule has 0 radical (unpaired) electrons. The molecular formula is C17H19NO2. The Bertz CT molecular complexity index is 612. The van der Waals surface area contributed by atoms with Crippen molar-refractivity contribution in [2.45, 2.75) is 25.3 Å². The van der Waals surface area contributed by atoms with Crippen LogP contribution >= 0.6 is 0 Å². The molecule has 0 spiro atoms. The number of aliphatic carboxylic acids is 1. The van der Waals surface area contributed by atoms with Gasteiger partial charge in [-0.25, -0.2) is 0 Å². The van der Waals surface area contributed by atoms with Gasteiger partial charge in [0.1, 0.15) is 6.04 Å². The van der Waals surface area contributed by atoms with Crippen LogP contribution in [0.15, 0.2) is 42.5 Å². The average Bonchev–Trinajstić information content (AvgIpc) is 2.48. The molecule has 1 aliphatic heterocycles. The number of piperidine rings is 1. The Morgan fingerprint density at radius 3 is 2.45 bits per heavy atom. The zero-order valence-electron chi connectivity index (χ0n) is 11.5. The first-order valence-electron chi connectivity index (χ1n) is 7.22. The second kappa shape index (κ2) is 5.63. The Morgan fingerprint density at radius 1 is 1.00 bits per heavy atom. The number of carbonyl (C=O) groups is 1. The normalized spacial score (nSPS) is 18.0. The number of nitrogens with zero attached hydrogens (tertiary/aromatic N) is 1. The first kappa shape index (κ1) is 13.1. The van der Waals surface area contributed by atoms with E-state index in [0.29, 0.717) is 0 Å². The molecule has 2 aromatic carbocycles. The summed E-state index contributed by atoms with van der Waals surface area (Å²) in [5.74, 6) is -0.747. The smallest absolute Gasteiger partial charge is 0.325 e. The summed E-state index contributed by atoms with van der Waals surface area (Å²) in [6.45, 7) is 1.75. The summed E-state index contributed by atoms with van der Waals surface area (Å²) in [6, 6.07) is 13.4. The Hall–Kier alpha value is -1.87. The SMILES string of the molecule is O=C(O)[C@@H](c1cccc2ccccc12)N1CCCCC1. The predicted molar refractivity (Wildman–Crippen MR) is 79.7 cm³/mol. The molecule has 1 aliphatic rings. The lowest BCUT2D eigenvalue weighted by molar-refractivity contribution is -0.144. The zero-order valence-corrected chi connectivity index (χ0v) is 11.5. The van der Waals surface area contributed by atoms with Crippen molar-refractivity contribution < 1.29 is 9.90 Å². The second-order valence-corrected chi connectivity index (χ2v) is 5.41. The van der Waals surface area contributed by atoms with Gasteiger partial charge in [-0.05, 0) is 42.3 Å². The molecule has 1 fully saturated rings. The maximum atomic E-state index is 11.8. The van der Waals surface area contributed by atoms with Crippen molar-refractivity contribution in [2.75, 3.05) is 13.1 Å². The van der Waals surface area contributed by atoms with E-state index < -0.39 is 12.0 Å². The number of carboxylic acid groups (broad SMARTS) is 1. The number of hydrogen-bond acceptors (Lipinski definition) is 2. The van der Waals surface area contributed by atoms with Gasteiger partial charge in [-0.15, -0.1) is 0 Å². The van der Waals surface area contributed by atoms with Gasteiger partial charge in [0.25, 0.3) is 0 Å². The van der Waals surface area contributed by atoms with E-state index in [4.69, 9.17) is 0 Å². The van der Waals surface area contributed by atoms with E-state index in [0.717, 1.165) is 42.3 Å². The minimum absolute atomic E-state index is 0.526. The zero-order chi connectivity index (χ0) is 13.9. The number of fused-ring (bicyclic) bond motifs is 1. The van der Waals surface area contributed by atoms with Gasteiger partial charge in [-0.1, -0.05) is 48.9 Å². The monoisotopic (exact) mass is 269 g/mol. The van der Waals surface area contributed by atoms with Crippen LogP contribution in [0.1, 0.15) is 30.9 Å². The van der Waals surface area contributed by atoms with Gasteiger partial charge < -0.3 is 5.11 Å². The van der Waals surface area contributed by atoms with Crippen LogP contribution < -0.4 is 0 Å². The highest BCUT2D eigenvalue weighted by molar-refractivity contribution is 5.90. The fourth-order valence-electron chi connectivity index (χ4n) is 3.15. The third kappa shape index (κ3) is 2.41. The van der Waals surface area contributed by atoms with Gasteiger partial charge in [0.2, 0.25) is 0 Å². The maximum absolute atomic E-state index is 11.8. The summed E-state index contributed by atoms with van der Waals surface area (Å²) in [5, 5.41) is 11.9. The van der Waals surface area contributed by atoms with Crippen LogP contribution in [0.2, 0.25) is 0 Å². The van der Waals surface area contributed by atoms with E-state index in [1.54, 1.807) is 0 Å². The molecule has 0 aliphatic carbocycles. The molecule has 0 aromatic heterocycles. The van der Waals surface area contributed by atoms with Crippen LogP contribution in [0.25, 0.3) is 10.8 Å². The summed E-state index contributed by atoms with van der Waals surface area (Å²) in [7, 11) is 0. The molecule has 0 amide bonds. The van der Waals surface area contributed by atoms with Crippen molar-refractivity contribution in [1.29, 1.82) is 0 Å². The number of hydrogen-bond donors (Lipinski definition) is 1. The second-order valence-electron chi connectivity index (χ2n) is 5.41. The summed E-state index contributed by atoms with van der Waals surface area (Å²) in [6.07, 6.45) is 3.39. The van der Waals surface area contributed by atoms with Crippen molar-refractivity contribution in [3.8, 4) is 0 Å². The lowest BCUT2D eigenvalue weighted by Gasteiger charge is -2.32. The molecule has 0 unspecified atom stereocenters. The molecule has 1 heterocycles. The Labute approximate surface area is 118 Å². The van der Waals surface area contributed by atoms with Gasteiger partial charge >= 0.3 is 5.97 Å². The largest absolute Gasteiger partial charge is 0.480 e. The quantitative estimate of drug-likeness (QED) is 0.927. The van der Waals surface area contributed by atoms with Gasteiger partial charge in [0.05, 0.1) is 0 Å². The van der Waals surface area contributed by atoms with Gasteiger partial charge in [0, 0.05) is 0 Å². The Morgan fingerprint density at radius 2 is 1.70 bits per heavy atom. The molecule has 2 aromatic rings. The fraction of sp³-hybridized carbons (Fsp3) is 0.353. The van der Waals surface area contributed by atoms with E-state index in [9.17, 15) is 9.90 Å². The van der Waals surface area contributed by atoms with Crippen LogP contribution in [0.3, 0.4) is 0 Å². The highest BCUT2D eigenvalue weighted by atomic mass is 16.4. The standard InChI is InChI=1S/C17H19NO2/c19-17(20)16(18-11-4-1-5-12-18)15-10-6-8-13-7-2-3-9-14(13)15/h2-3,6-10,16H,1,4-5,11-12H2,(H,19,20)/t16-/m1/s1. The first-order chi connectivity index (χ1) is 9.77. The molecule has 3 nitrogen and oxygen atoms in total. The number of likely N-dealkylation sites (tertiary alicyclic amines) is 1. The lowest BCUT2D eigenvalue weighted by atomic mass is 9.96. The van der Waals surface area contributed by atoms with Crippen LogP contribution in [-0.2, 0) is 4.79 Å². The third-order valence-electron chi connectivity index (χ3n) is 4.11. The summed E-state index contributed by atoms with van der Waals surface area (Å²) in [4.78, 5) is 13.9. The highest BCUT2D eigenvalue weighted by Crippen LogP contribution is 2.30. The van der Waals surface area contributed by atoms with E-state index in [1.165, 1.54) is 6.42 Å². The minimum atomic E-state index is -0.747. The van der Waals surface area contributed by atoms with Crippen molar-refractivity contribution in [2.24, 2.45) is 0 Å².